The van der Waals surface area contributed by atoms with Crippen LogP contribution in [-0.2, 0) is 11.3 Å². The van der Waals surface area contributed by atoms with Crippen molar-refractivity contribution in [2.24, 2.45) is 0 Å². The number of methoxy groups -OCH3 is 1. The third-order valence-corrected chi connectivity index (χ3v) is 5.20. The highest BCUT2D eigenvalue weighted by Crippen LogP contribution is 2.24. The minimum Gasteiger partial charge on any atom is -0.497 e. The van der Waals surface area contributed by atoms with Gasteiger partial charge in [0.1, 0.15) is 5.75 Å². The van der Waals surface area contributed by atoms with Crippen LogP contribution in [0.2, 0.25) is 0 Å². The molecule has 0 spiro atoms. The molecule has 0 aliphatic carbocycles. The van der Waals surface area contributed by atoms with E-state index in [1.165, 1.54) is 11.1 Å². The SMILES string of the molecule is COc1ccc(CN2CCN(c3ccc(C(C)C)cc3)C(=O)C2C)cc1. The Balaban J connectivity index is 1.67. The Morgan fingerprint density at radius 2 is 1.69 bits per heavy atom. The lowest BCUT2D eigenvalue weighted by Gasteiger charge is -2.39. The number of amides is 1. The summed E-state index contributed by atoms with van der Waals surface area (Å²) in [6.45, 7) is 8.73. The lowest BCUT2D eigenvalue weighted by atomic mass is 10.0. The molecule has 0 N–H and O–H groups in total. The van der Waals surface area contributed by atoms with Crippen molar-refractivity contribution < 1.29 is 9.53 Å². The van der Waals surface area contributed by atoms with Crippen molar-refractivity contribution in [2.75, 3.05) is 25.1 Å². The third kappa shape index (κ3) is 3.91. The van der Waals surface area contributed by atoms with Crippen LogP contribution in [-0.4, -0.2) is 37.0 Å². The van der Waals surface area contributed by atoms with Gasteiger partial charge in [-0.05, 0) is 48.2 Å². The quantitative estimate of drug-likeness (QED) is 0.814. The number of nitrogens with zero attached hydrogens (tertiary/aromatic N) is 2. The van der Waals surface area contributed by atoms with Gasteiger partial charge in [0.05, 0.1) is 13.2 Å². The molecule has 0 aromatic heterocycles. The molecular weight excluding hydrogens is 324 g/mol. The van der Waals surface area contributed by atoms with Crippen molar-refractivity contribution >= 4 is 11.6 Å². The van der Waals surface area contributed by atoms with Crippen molar-refractivity contribution in [1.82, 2.24) is 4.90 Å². The molecule has 4 nitrogen and oxygen atoms in total. The smallest absolute Gasteiger partial charge is 0.244 e. The van der Waals surface area contributed by atoms with E-state index >= 15 is 0 Å². The number of carbonyl (C=O) groups excluding carboxylic acids is 1. The van der Waals surface area contributed by atoms with E-state index in [-0.39, 0.29) is 11.9 Å². The molecule has 1 atom stereocenters. The van der Waals surface area contributed by atoms with Crippen LogP contribution in [0.4, 0.5) is 5.69 Å². The zero-order valence-electron chi connectivity index (χ0n) is 16.1. The van der Waals surface area contributed by atoms with E-state index < -0.39 is 0 Å². The fraction of sp³-hybridized carbons (Fsp3) is 0.409. The topological polar surface area (TPSA) is 32.8 Å². The molecule has 3 rings (SSSR count). The second kappa shape index (κ2) is 7.92. The summed E-state index contributed by atoms with van der Waals surface area (Å²) in [5.41, 5.74) is 3.49. The van der Waals surface area contributed by atoms with Gasteiger partial charge in [-0.3, -0.25) is 9.69 Å². The summed E-state index contributed by atoms with van der Waals surface area (Å²) in [6, 6.07) is 16.3. The van der Waals surface area contributed by atoms with E-state index in [1.807, 2.05) is 24.0 Å². The van der Waals surface area contributed by atoms with Crippen LogP contribution in [0.5, 0.6) is 5.75 Å². The first-order valence-corrected chi connectivity index (χ1v) is 9.28. The Morgan fingerprint density at radius 1 is 1.04 bits per heavy atom. The summed E-state index contributed by atoms with van der Waals surface area (Å²) in [6.07, 6.45) is 0. The lowest BCUT2D eigenvalue weighted by molar-refractivity contribution is -0.125. The van der Waals surface area contributed by atoms with Gasteiger partial charge in [-0.1, -0.05) is 38.1 Å². The maximum Gasteiger partial charge on any atom is 0.244 e. The minimum atomic E-state index is -0.129. The van der Waals surface area contributed by atoms with Gasteiger partial charge in [0.2, 0.25) is 5.91 Å². The van der Waals surface area contributed by atoms with Crippen LogP contribution in [0.3, 0.4) is 0 Å². The van der Waals surface area contributed by atoms with E-state index in [1.54, 1.807) is 7.11 Å². The Labute approximate surface area is 156 Å². The normalized spacial score (nSPS) is 18.4. The number of carbonyl (C=O) groups is 1. The monoisotopic (exact) mass is 352 g/mol. The van der Waals surface area contributed by atoms with Crippen LogP contribution in [0.1, 0.15) is 37.8 Å². The van der Waals surface area contributed by atoms with E-state index in [9.17, 15) is 4.79 Å². The molecule has 1 aliphatic rings. The number of anilines is 1. The Bertz CT molecular complexity index is 738. The number of ether oxygens (including phenoxy) is 1. The van der Waals surface area contributed by atoms with Crippen LogP contribution in [0, 0.1) is 0 Å². The van der Waals surface area contributed by atoms with E-state index in [0.29, 0.717) is 5.92 Å². The molecule has 138 valence electrons. The molecular formula is C22H28N2O2. The standard InChI is InChI=1S/C22H28N2O2/c1-16(2)19-7-9-20(10-8-19)24-14-13-23(17(3)22(24)25)15-18-5-11-21(26-4)12-6-18/h5-12,16-17H,13-15H2,1-4H3. The van der Waals surface area contributed by atoms with Gasteiger partial charge in [-0.2, -0.15) is 0 Å². The highest BCUT2D eigenvalue weighted by molar-refractivity contribution is 5.97. The van der Waals surface area contributed by atoms with Crippen LogP contribution >= 0.6 is 0 Å². The average molecular weight is 352 g/mol. The Kier molecular flexibility index (Phi) is 5.62. The van der Waals surface area contributed by atoms with Crippen molar-refractivity contribution in [1.29, 1.82) is 0 Å². The molecule has 2 aromatic rings. The summed E-state index contributed by atoms with van der Waals surface area (Å²) >= 11 is 0. The van der Waals surface area contributed by atoms with E-state index in [4.69, 9.17) is 4.74 Å². The summed E-state index contributed by atoms with van der Waals surface area (Å²) in [5, 5.41) is 0. The molecule has 0 radical (unpaired) electrons. The van der Waals surface area contributed by atoms with Gasteiger partial charge in [0, 0.05) is 25.3 Å². The van der Waals surface area contributed by atoms with Crippen LogP contribution < -0.4 is 9.64 Å². The third-order valence-electron chi connectivity index (χ3n) is 5.20. The predicted octanol–water partition coefficient (Wildman–Crippen LogP) is 4.06. The summed E-state index contributed by atoms with van der Waals surface area (Å²) in [5.74, 6) is 1.52. The van der Waals surface area contributed by atoms with Crippen molar-refractivity contribution in [3.8, 4) is 5.75 Å². The molecule has 4 heteroatoms. The highest BCUT2D eigenvalue weighted by atomic mass is 16.5. The zero-order valence-corrected chi connectivity index (χ0v) is 16.1. The second-order valence-electron chi connectivity index (χ2n) is 7.23. The van der Waals surface area contributed by atoms with Crippen molar-refractivity contribution in [3.05, 3.63) is 59.7 Å². The first-order valence-electron chi connectivity index (χ1n) is 9.28. The van der Waals surface area contributed by atoms with Crippen LogP contribution in [0.15, 0.2) is 48.5 Å². The van der Waals surface area contributed by atoms with Gasteiger partial charge >= 0.3 is 0 Å². The molecule has 1 heterocycles. The zero-order chi connectivity index (χ0) is 18.7. The summed E-state index contributed by atoms with van der Waals surface area (Å²) < 4.78 is 5.21. The van der Waals surface area contributed by atoms with Gasteiger partial charge in [-0.25, -0.2) is 0 Å². The Hall–Kier alpha value is -2.33. The minimum absolute atomic E-state index is 0.129. The maximum atomic E-state index is 12.9. The largest absolute Gasteiger partial charge is 0.497 e. The van der Waals surface area contributed by atoms with Gasteiger partial charge < -0.3 is 9.64 Å². The molecule has 0 bridgehead atoms. The van der Waals surface area contributed by atoms with Gasteiger partial charge in [0.15, 0.2) is 0 Å². The fourth-order valence-electron chi connectivity index (χ4n) is 3.39. The maximum absolute atomic E-state index is 12.9. The predicted molar refractivity (Wildman–Crippen MR) is 106 cm³/mol. The average Bonchev–Trinajstić information content (AvgIpc) is 2.66. The van der Waals surface area contributed by atoms with Crippen molar-refractivity contribution in [3.63, 3.8) is 0 Å². The Morgan fingerprint density at radius 3 is 2.27 bits per heavy atom. The number of piperazine rings is 1. The molecule has 0 saturated carbocycles. The summed E-state index contributed by atoms with van der Waals surface area (Å²) in [7, 11) is 1.67. The van der Waals surface area contributed by atoms with E-state index in [2.05, 4.69) is 55.1 Å². The van der Waals surface area contributed by atoms with Gasteiger partial charge in [0.25, 0.3) is 0 Å². The van der Waals surface area contributed by atoms with Crippen molar-refractivity contribution in [2.45, 2.75) is 39.3 Å². The number of rotatable bonds is 5. The number of hydrogen-bond donors (Lipinski definition) is 0. The molecule has 1 fully saturated rings. The molecule has 26 heavy (non-hydrogen) atoms. The van der Waals surface area contributed by atoms with Crippen LogP contribution in [0.25, 0.3) is 0 Å². The van der Waals surface area contributed by atoms with E-state index in [0.717, 1.165) is 31.1 Å². The first kappa shape index (κ1) is 18.5. The molecule has 1 saturated heterocycles. The number of hydrogen-bond acceptors (Lipinski definition) is 3. The first-order chi connectivity index (χ1) is 12.5. The molecule has 1 unspecified atom stereocenters. The molecule has 2 aromatic carbocycles. The second-order valence-corrected chi connectivity index (χ2v) is 7.23. The van der Waals surface area contributed by atoms with Gasteiger partial charge in [-0.15, -0.1) is 0 Å². The molecule has 1 amide bonds. The highest BCUT2D eigenvalue weighted by Gasteiger charge is 2.32. The fourth-order valence-corrected chi connectivity index (χ4v) is 3.39. The molecule has 1 aliphatic heterocycles. The lowest BCUT2D eigenvalue weighted by Crippen LogP contribution is -2.55. The number of benzene rings is 2. The summed E-state index contributed by atoms with van der Waals surface area (Å²) in [4.78, 5) is 17.1.